The zero-order chi connectivity index (χ0) is 15.4. The third-order valence-electron chi connectivity index (χ3n) is 3.41. The quantitative estimate of drug-likeness (QED) is 0.584. The molecular formula is C15H16NNaO4S. The summed E-state index contributed by atoms with van der Waals surface area (Å²) in [5.41, 5.74) is 1.60. The maximum atomic E-state index is 12.4. The van der Waals surface area contributed by atoms with E-state index in [2.05, 4.69) is 0 Å². The maximum Gasteiger partial charge on any atom is 1.00 e. The van der Waals surface area contributed by atoms with Gasteiger partial charge in [0.25, 0.3) is 0 Å². The van der Waals surface area contributed by atoms with Crippen LogP contribution in [0.3, 0.4) is 0 Å². The summed E-state index contributed by atoms with van der Waals surface area (Å²) in [6, 6.07) is 6.36. The van der Waals surface area contributed by atoms with Crippen LogP contribution in [0.4, 0.5) is 5.69 Å². The number of aryl methyl sites for hydroxylation is 1. The predicted octanol–water partition coefficient (Wildman–Crippen LogP) is -2.24. The molecule has 1 atom stereocenters. The van der Waals surface area contributed by atoms with Crippen LogP contribution in [-0.4, -0.2) is 28.8 Å². The van der Waals surface area contributed by atoms with Crippen molar-refractivity contribution in [3.05, 3.63) is 29.8 Å². The van der Waals surface area contributed by atoms with Gasteiger partial charge in [0.1, 0.15) is 0 Å². The molecule has 7 heteroatoms. The Morgan fingerprint density at radius 1 is 1.32 bits per heavy atom. The summed E-state index contributed by atoms with van der Waals surface area (Å²) < 4.78 is 0. The number of para-hydroxylation sites is 1. The van der Waals surface area contributed by atoms with Crippen LogP contribution in [0, 0.1) is 0 Å². The first-order valence-electron chi connectivity index (χ1n) is 6.75. The van der Waals surface area contributed by atoms with Gasteiger partial charge >= 0.3 is 29.6 Å². The van der Waals surface area contributed by atoms with Crippen LogP contribution in [0.1, 0.15) is 25.3 Å². The van der Waals surface area contributed by atoms with E-state index in [0.29, 0.717) is 24.3 Å². The number of aliphatic carboxylic acids is 1. The standard InChI is InChI=1S/C15H17NO4S.Na/c1-10(17)21-9-8-14(18)16-12-5-3-2-4-11(12)6-7-13(16)15(19)20;/h2-5,13H,6-9H2,1H3,(H,19,20);/q;+1/p-1/t13-;/m0./s1. The van der Waals surface area contributed by atoms with Crippen molar-refractivity contribution in [1.29, 1.82) is 0 Å². The van der Waals surface area contributed by atoms with Gasteiger partial charge in [-0.3, -0.25) is 9.59 Å². The summed E-state index contributed by atoms with van der Waals surface area (Å²) in [5, 5.41) is 11.2. The van der Waals surface area contributed by atoms with Crippen molar-refractivity contribution in [3.63, 3.8) is 0 Å². The van der Waals surface area contributed by atoms with Gasteiger partial charge in [-0.2, -0.15) is 0 Å². The van der Waals surface area contributed by atoms with Crippen LogP contribution in [0.2, 0.25) is 0 Å². The van der Waals surface area contributed by atoms with Crippen LogP contribution >= 0.6 is 11.8 Å². The Hall–Kier alpha value is -0.820. The number of carbonyl (C=O) groups excluding carboxylic acids is 3. The minimum Gasteiger partial charge on any atom is -0.548 e. The van der Waals surface area contributed by atoms with E-state index in [-0.39, 0.29) is 47.0 Å². The van der Waals surface area contributed by atoms with Crippen molar-refractivity contribution >= 4 is 34.4 Å². The molecule has 0 saturated carbocycles. The molecule has 22 heavy (non-hydrogen) atoms. The molecule has 1 aliphatic heterocycles. The Labute approximate surface area is 155 Å². The number of nitrogens with zero attached hydrogens (tertiary/aromatic N) is 1. The van der Waals surface area contributed by atoms with Gasteiger partial charge < -0.3 is 14.8 Å². The first-order chi connectivity index (χ1) is 10.0. The largest absolute Gasteiger partial charge is 1.00 e. The number of hydrogen-bond donors (Lipinski definition) is 0. The van der Waals surface area contributed by atoms with Gasteiger partial charge in [0, 0.05) is 24.8 Å². The Bertz CT molecular complexity index is 578. The summed E-state index contributed by atoms with van der Waals surface area (Å²) in [7, 11) is 0. The predicted molar refractivity (Wildman–Crippen MR) is 78.8 cm³/mol. The topological polar surface area (TPSA) is 77.5 Å². The van der Waals surface area contributed by atoms with Gasteiger partial charge in [0.15, 0.2) is 5.12 Å². The number of rotatable bonds is 4. The third kappa shape index (κ3) is 4.59. The van der Waals surface area contributed by atoms with E-state index in [1.165, 1.54) is 11.8 Å². The van der Waals surface area contributed by atoms with Crippen LogP contribution in [0.5, 0.6) is 0 Å². The number of benzene rings is 1. The SMILES string of the molecule is CC(=O)SCCC(=O)N1c2ccccc2CC[C@H]1C(=O)[O-].[Na+]. The average molecular weight is 329 g/mol. The molecule has 2 rings (SSSR count). The van der Waals surface area contributed by atoms with E-state index in [9.17, 15) is 19.5 Å². The number of carboxylic acid groups (broad SMARTS) is 1. The molecule has 0 aromatic heterocycles. The number of fused-ring (bicyclic) bond motifs is 1. The van der Waals surface area contributed by atoms with Gasteiger partial charge in [-0.15, -0.1) is 0 Å². The number of thioether (sulfide) groups is 1. The second-order valence-electron chi connectivity index (χ2n) is 4.86. The van der Waals surface area contributed by atoms with E-state index >= 15 is 0 Å². The van der Waals surface area contributed by atoms with Gasteiger partial charge in [0.2, 0.25) is 5.91 Å². The van der Waals surface area contributed by atoms with Crippen molar-refractivity contribution in [1.82, 2.24) is 0 Å². The van der Waals surface area contributed by atoms with Crippen molar-refractivity contribution < 1.29 is 49.0 Å². The monoisotopic (exact) mass is 329 g/mol. The summed E-state index contributed by atoms with van der Waals surface area (Å²) in [5.74, 6) is -1.17. The number of amides is 1. The maximum absolute atomic E-state index is 12.4. The fourth-order valence-electron chi connectivity index (χ4n) is 2.48. The Morgan fingerprint density at radius 3 is 2.64 bits per heavy atom. The molecule has 0 aliphatic carbocycles. The minimum absolute atomic E-state index is 0. The molecule has 5 nitrogen and oxygen atoms in total. The molecule has 0 saturated heterocycles. The Balaban J connectivity index is 0.00000242. The minimum atomic E-state index is -1.24. The number of hydrogen-bond acceptors (Lipinski definition) is 5. The number of anilines is 1. The summed E-state index contributed by atoms with van der Waals surface area (Å²) in [4.78, 5) is 35.9. The van der Waals surface area contributed by atoms with Crippen molar-refractivity contribution in [2.75, 3.05) is 10.7 Å². The third-order valence-corrected chi connectivity index (χ3v) is 4.23. The fraction of sp³-hybridized carbons (Fsp3) is 0.400. The van der Waals surface area contributed by atoms with Crippen molar-refractivity contribution in [3.8, 4) is 0 Å². The van der Waals surface area contributed by atoms with Gasteiger partial charge in [0.05, 0.1) is 12.0 Å². The molecule has 0 bridgehead atoms. The molecule has 1 heterocycles. The molecule has 0 spiro atoms. The number of carboxylic acids is 1. The molecule has 1 aromatic rings. The van der Waals surface area contributed by atoms with E-state index < -0.39 is 12.0 Å². The second-order valence-corrected chi connectivity index (χ2v) is 6.13. The summed E-state index contributed by atoms with van der Waals surface area (Å²) >= 11 is 1.07. The molecule has 1 amide bonds. The smallest absolute Gasteiger partial charge is 0.548 e. The molecule has 0 radical (unpaired) electrons. The van der Waals surface area contributed by atoms with Gasteiger partial charge in [-0.05, 0) is 24.5 Å². The van der Waals surface area contributed by atoms with Crippen LogP contribution in [0.15, 0.2) is 24.3 Å². The Morgan fingerprint density at radius 2 is 2.00 bits per heavy atom. The second kappa shape index (κ2) is 8.72. The van der Waals surface area contributed by atoms with Gasteiger partial charge in [-0.1, -0.05) is 30.0 Å². The van der Waals surface area contributed by atoms with Crippen molar-refractivity contribution in [2.24, 2.45) is 0 Å². The molecular weight excluding hydrogens is 313 g/mol. The first kappa shape index (κ1) is 19.2. The van der Waals surface area contributed by atoms with Crippen LogP contribution in [0.25, 0.3) is 0 Å². The zero-order valence-electron chi connectivity index (χ0n) is 12.7. The fourth-order valence-corrected chi connectivity index (χ4v) is 3.04. The van der Waals surface area contributed by atoms with Crippen molar-refractivity contribution in [2.45, 2.75) is 32.2 Å². The normalized spacial score (nSPS) is 16.4. The molecule has 1 aromatic carbocycles. The molecule has 0 fully saturated rings. The molecule has 0 N–H and O–H groups in total. The first-order valence-corrected chi connectivity index (χ1v) is 7.73. The zero-order valence-corrected chi connectivity index (χ0v) is 15.5. The number of carbonyl (C=O) groups is 3. The van der Waals surface area contributed by atoms with E-state index in [1.807, 2.05) is 12.1 Å². The molecule has 0 unspecified atom stereocenters. The summed E-state index contributed by atoms with van der Waals surface area (Å²) in [6.45, 7) is 1.44. The Kier molecular flexibility index (Phi) is 7.62. The van der Waals surface area contributed by atoms with Crippen LogP contribution in [-0.2, 0) is 20.8 Å². The molecule has 112 valence electrons. The van der Waals surface area contributed by atoms with E-state index in [4.69, 9.17) is 0 Å². The van der Waals surface area contributed by atoms with Crippen LogP contribution < -0.4 is 39.6 Å². The summed E-state index contributed by atoms with van der Waals surface area (Å²) in [6.07, 6.45) is 1.09. The average Bonchev–Trinajstić information content (AvgIpc) is 2.45. The van der Waals surface area contributed by atoms with E-state index in [0.717, 1.165) is 17.3 Å². The van der Waals surface area contributed by atoms with Gasteiger partial charge in [-0.25, -0.2) is 0 Å². The molecule has 1 aliphatic rings. The van der Waals surface area contributed by atoms with E-state index in [1.54, 1.807) is 12.1 Å².